The van der Waals surface area contributed by atoms with Crippen LogP contribution < -0.4 is 5.73 Å². The lowest BCUT2D eigenvalue weighted by Gasteiger charge is -2.18. The van der Waals surface area contributed by atoms with E-state index in [2.05, 4.69) is 16.5 Å². The zero-order chi connectivity index (χ0) is 20.9. The number of aryl methyl sites for hydroxylation is 1. The van der Waals surface area contributed by atoms with Gasteiger partial charge in [0.25, 0.3) is 0 Å². The summed E-state index contributed by atoms with van der Waals surface area (Å²) >= 11 is 1.35. The minimum atomic E-state index is -3.55. The molecule has 1 aromatic carbocycles. The van der Waals surface area contributed by atoms with Crippen molar-refractivity contribution in [1.29, 1.82) is 0 Å². The first-order chi connectivity index (χ1) is 13.3. The molecule has 0 spiro atoms. The Morgan fingerprint density at radius 1 is 1.25 bits per heavy atom. The summed E-state index contributed by atoms with van der Waals surface area (Å²) in [4.78, 5) is 16.6. The number of carbonyl (C=O) groups excluding carboxylic acids is 1. The monoisotopic (exact) mass is 426 g/mol. The van der Waals surface area contributed by atoms with Crippen molar-refractivity contribution in [2.45, 2.75) is 68.8 Å². The van der Waals surface area contributed by atoms with Gasteiger partial charge in [0.1, 0.15) is 0 Å². The van der Waals surface area contributed by atoms with Crippen LogP contribution in [0.5, 0.6) is 0 Å². The minimum Gasteiger partial charge on any atom is -0.369 e. The maximum absolute atomic E-state index is 12.8. The molecule has 7 nitrogen and oxygen atoms in total. The minimum absolute atomic E-state index is 0.238. The van der Waals surface area contributed by atoms with E-state index < -0.39 is 10.0 Å². The molecule has 2 N–H and O–H groups in total. The zero-order valence-corrected chi connectivity index (χ0v) is 18.6. The smallest absolute Gasteiger partial charge is 0.243 e. The lowest BCUT2D eigenvalue weighted by atomic mass is 10.3. The molecule has 1 aromatic heterocycles. The second-order valence-corrected chi connectivity index (χ2v) is 9.66. The summed E-state index contributed by atoms with van der Waals surface area (Å²) in [6, 6.07) is 5.07. The topological polar surface area (TPSA) is 98.3 Å². The normalized spacial score (nSPS) is 13.3. The molecule has 2 rings (SSSR count). The second kappa shape index (κ2) is 9.76. The Morgan fingerprint density at radius 3 is 2.46 bits per heavy atom. The van der Waals surface area contributed by atoms with Gasteiger partial charge < -0.3 is 10.3 Å². The lowest BCUT2D eigenvalue weighted by Crippen LogP contribution is -2.30. The highest BCUT2D eigenvalue weighted by Gasteiger charge is 2.24. The first kappa shape index (κ1) is 22.7. The third-order valence-corrected chi connectivity index (χ3v) is 8.12. The SMILES string of the molecule is CCCCn1c(SC(CC)C(N)=O)nc2cc(S(=O)(=O)N(CC)CC)ccc21. The number of rotatable bonds is 11. The number of benzene rings is 1. The molecule has 0 bridgehead atoms. The van der Waals surface area contributed by atoms with Crippen LogP contribution in [0.3, 0.4) is 0 Å². The van der Waals surface area contributed by atoms with Crippen LogP contribution >= 0.6 is 11.8 Å². The molecule has 0 aliphatic carbocycles. The van der Waals surface area contributed by atoms with Gasteiger partial charge in [-0.3, -0.25) is 4.79 Å². The first-order valence-electron chi connectivity index (χ1n) is 9.76. The van der Waals surface area contributed by atoms with E-state index in [1.54, 1.807) is 12.1 Å². The molecule has 0 saturated carbocycles. The van der Waals surface area contributed by atoms with Crippen LogP contribution in [0.4, 0.5) is 0 Å². The van der Waals surface area contributed by atoms with Crippen LogP contribution in [0.2, 0.25) is 0 Å². The van der Waals surface area contributed by atoms with Crippen molar-refractivity contribution in [3.8, 4) is 0 Å². The number of thioether (sulfide) groups is 1. The Hall–Kier alpha value is -1.58. The number of imidazole rings is 1. The zero-order valence-electron chi connectivity index (χ0n) is 17.0. The number of primary amides is 1. The van der Waals surface area contributed by atoms with Crippen molar-refractivity contribution in [2.75, 3.05) is 13.1 Å². The van der Waals surface area contributed by atoms with Gasteiger partial charge >= 0.3 is 0 Å². The quantitative estimate of drug-likeness (QED) is 0.556. The summed E-state index contributed by atoms with van der Waals surface area (Å²) in [6.45, 7) is 9.26. The third-order valence-electron chi connectivity index (χ3n) is 4.70. The highest BCUT2D eigenvalue weighted by atomic mass is 32.2. The molecule has 1 unspecified atom stereocenters. The molecule has 156 valence electrons. The molecule has 0 fully saturated rings. The number of unbranched alkanes of at least 4 members (excludes halogenated alkanes) is 1. The van der Waals surface area contributed by atoms with Crippen LogP contribution in [-0.4, -0.2) is 46.5 Å². The van der Waals surface area contributed by atoms with E-state index >= 15 is 0 Å². The van der Waals surface area contributed by atoms with Crippen molar-refractivity contribution < 1.29 is 13.2 Å². The van der Waals surface area contributed by atoms with Gasteiger partial charge in [-0.15, -0.1) is 0 Å². The highest BCUT2D eigenvalue weighted by Crippen LogP contribution is 2.30. The largest absolute Gasteiger partial charge is 0.369 e. The Morgan fingerprint density at radius 2 is 1.93 bits per heavy atom. The fraction of sp³-hybridized carbons (Fsp3) is 0.579. The maximum Gasteiger partial charge on any atom is 0.243 e. The van der Waals surface area contributed by atoms with E-state index in [9.17, 15) is 13.2 Å². The summed E-state index contributed by atoms with van der Waals surface area (Å²) in [6.07, 6.45) is 2.59. The fourth-order valence-electron chi connectivity index (χ4n) is 3.05. The molecule has 9 heteroatoms. The van der Waals surface area contributed by atoms with Gasteiger partial charge in [-0.25, -0.2) is 13.4 Å². The van der Waals surface area contributed by atoms with Crippen molar-refractivity contribution in [3.63, 3.8) is 0 Å². The van der Waals surface area contributed by atoms with E-state index in [0.717, 1.165) is 24.9 Å². The van der Waals surface area contributed by atoms with E-state index in [1.165, 1.54) is 16.1 Å². The molecule has 1 amide bonds. The highest BCUT2D eigenvalue weighted by molar-refractivity contribution is 8.00. The molecule has 1 atom stereocenters. The van der Waals surface area contributed by atoms with Gasteiger partial charge in [0, 0.05) is 19.6 Å². The Balaban J connectivity index is 2.54. The number of nitrogens with zero attached hydrogens (tertiary/aromatic N) is 3. The van der Waals surface area contributed by atoms with Crippen molar-refractivity contribution in [3.05, 3.63) is 18.2 Å². The molecular formula is C19H30N4O3S2. The number of aromatic nitrogens is 2. The number of hydrogen-bond acceptors (Lipinski definition) is 5. The van der Waals surface area contributed by atoms with Gasteiger partial charge in [-0.05, 0) is 31.0 Å². The van der Waals surface area contributed by atoms with E-state index in [1.807, 2.05) is 26.8 Å². The summed E-state index contributed by atoms with van der Waals surface area (Å²) in [7, 11) is -3.55. The van der Waals surface area contributed by atoms with Gasteiger partial charge in [-0.2, -0.15) is 4.31 Å². The average molecular weight is 427 g/mol. The molecular weight excluding hydrogens is 396 g/mol. The van der Waals surface area contributed by atoms with Crippen molar-refractivity contribution >= 4 is 38.7 Å². The number of sulfonamides is 1. The van der Waals surface area contributed by atoms with Crippen molar-refractivity contribution in [2.24, 2.45) is 5.73 Å². The van der Waals surface area contributed by atoms with Crippen LogP contribution in [0.1, 0.15) is 47.0 Å². The van der Waals surface area contributed by atoms with Crippen LogP contribution in [-0.2, 0) is 21.4 Å². The average Bonchev–Trinajstić information content (AvgIpc) is 3.01. The van der Waals surface area contributed by atoms with Gasteiger partial charge in [0.05, 0.1) is 21.2 Å². The molecule has 1 heterocycles. The molecule has 0 aliphatic heterocycles. The summed E-state index contributed by atoms with van der Waals surface area (Å²) in [5.74, 6) is -0.369. The second-order valence-electron chi connectivity index (χ2n) is 6.56. The van der Waals surface area contributed by atoms with E-state index in [-0.39, 0.29) is 16.1 Å². The molecule has 2 aromatic rings. The molecule has 28 heavy (non-hydrogen) atoms. The number of nitrogens with two attached hydrogens (primary N) is 1. The van der Waals surface area contributed by atoms with Crippen LogP contribution in [0.15, 0.2) is 28.3 Å². The molecule has 0 radical (unpaired) electrons. The van der Waals surface area contributed by atoms with Gasteiger partial charge in [0.15, 0.2) is 5.16 Å². The maximum atomic E-state index is 12.8. The number of amides is 1. The van der Waals surface area contributed by atoms with E-state index in [4.69, 9.17) is 5.73 Å². The van der Waals surface area contributed by atoms with Crippen molar-refractivity contribution in [1.82, 2.24) is 13.9 Å². The molecule has 0 saturated heterocycles. The number of carbonyl (C=O) groups is 1. The van der Waals surface area contributed by atoms with Crippen LogP contribution in [0.25, 0.3) is 11.0 Å². The third kappa shape index (κ3) is 4.69. The number of fused-ring (bicyclic) bond motifs is 1. The predicted molar refractivity (Wildman–Crippen MR) is 114 cm³/mol. The summed E-state index contributed by atoms with van der Waals surface area (Å²) in [5.41, 5.74) is 6.99. The standard InChI is InChI=1S/C19H30N4O3S2/c1-5-9-12-23-16-11-10-14(28(25,26)22(7-3)8-4)13-15(16)21-19(23)27-17(6-2)18(20)24/h10-11,13,17H,5-9,12H2,1-4H3,(H2,20,24). The lowest BCUT2D eigenvalue weighted by molar-refractivity contribution is -0.117. The van der Waals surface area contributed by atoms with Crippen LogP contribution in [0, 0.1) is 0 Å². The first-order valence-corrected chi connectivity index (χ1v) is 12.1. The fourth-order valence-corrected chi connectivity index (χ4v) is 5.54. The summed E-state index contributed by atoms with van der Waals surface area (Å²) in [5, 5.41) is 0.336. The summed E-state index contributed by atoms with van der Waals surface area (Å²) < 4.78 is 29.2. The Bertz CT molecular complexity index is 921. The predicted octanol–water partition coefficient (Wildman–Crippen LogP) is 3.22. The van der Waals surface area contributed by atoms with Gasteiger partial charge in [-0.1, -0.05) is 45.9 Å². The Kier molecular flexibility index (Phi) is 7.91. The Labute approximate surface area is 171 Å². The number of hydrogen-bond donors (Lipinski definition) is 1. The van der Waals surface area contributed by atoms with E-state index in [0.29, 0.717) is 30.2 Å². The molecule has 0 aliphatic rings. The van der Waals surface area contributed by atoms with Gasteiger partial charge in [0.2, 0.25) is 15.9 Å².